The molecule has 0 bridgehead atoms. The van der Waals surface area contributed by atoms with E-state index >= 15 is 0 Å². The summed E-state index contributed by atoms with van der Waals surface area (Å²) in [4.78, 5) is 14.8. The van der Waals surface area contributed by atoms with Crippen molar-refractivity contribution in [1.29, 1.82) is 0 Å². The van der Waals surface area contributed by atoms with Crippen LogP contribution in [0, 0.1) is 6.92 Å². The first-order chi connectivity index (χ1) is 10.7. The monoisotopic (exact) mass is 315 g/mol. The van der Waals surface area contributed by atoms with Crippen LogP contribution in [0.4, 0.5) is 0 Å². The molecule has 1 aliphatic heterocycles. The molecule has 0 saturated carbocycles. The molecule has 0 aliphatic carbocycles. The Morgan fingerprint density at radius 1 is 1.27 bits per heavy atom. The molecule has 2 atom stereocenters. The number of hydrogen-bond donors (Lipinski definition) is 1. The Morgan fingerprint density at radius 2 is 2.09 bits per heavy atom. The summed E-state index contributed by atoms with van der Waals surface area (Å²) in [6, 6.07) is 12.4. The van der Waals surface area contributed by atoms with E-state index in [2.05, 4.69) is 24.4 Å². The first-order valence-electron chi connectivity index (χ1n) is 7.66. The van der Waals surface area contributed by atoms with Crippen molar-refractivity contribution in [2.24, 2.45) is 0 Å². The summed E-state index contributed by atoms with van der Waals surface area (Å²) < 4.78 is 4.92. The molecular formula is C18H21NO2S. The molecule has 1 N–H and O–H groups in total. The Balaban J connectivity index is 1.85. The standard InChI is InChI=1S/C18H21NO2S/c1-12-7-8-17(22-12)13-9-10-19-16(11-13)14-5-3-4-6-15(14)18(20)21-2/h3-8,13,16,19H,9-11H2,1-2H3/t13?,16-/m0/s1. The summed E-state index contributed by atoms with van der Waals surface area (Å²) >= 11 is 1.89. The molecule has 22 heavy (non-hydrogen) atoms. The van der Waals surface area contributed by atoms with Gasteiger partial charge in [-0.2, -0.15) is 0 Å². The first kappa shape index (κ1) is 15.3. The van der Waals surface area contributed by atoms with Crippen molar-refractivity contribution >= 4 is 17.3 Å². The third kappa shape index (κ3) is 3.08. The number of benzene rings is 1. The van der Waals surface area contributed by atoms with Gasteiger partial charge in [-0.3, -0.25) is 0 Å². The fourth-order valence-corrected chi connectivity index (χ4v) is 4.21. The van der Waals surface area contributed by atoms with Crippen molar-refractivity contribution in [3.8, 4) is 0 Å². The number of carbonyl (C=O) groups is 1. The summed E-state index contributed by atoms with van der Waals surface area (Å²) in [5, 5.41) is 3.56. The molecule has 1 saturated heterocycles. The van der Waals surface area contributed by atoms with Crippen LogP contribution in [-0.4, -0.2) is 19.6 Å². The van der Waals surface area contributed by atoms with Gasteiger partial charge in [0.1, 0.15) is 0 Å². The molecule has 0 spiro atoms. The van der Waals surface area contributed by atoms with Crippen LogP contribution in [-0.2, 0) is 4.74 Å². The molecule has 1 aliphatic rings. The van der Waals surface area contributed by atoms with Crippen LogP contribution < -0.4 is 5.32 Å². The normalized spacial score (nSPS) is 21.5. The van der Waals surface area contributed by atoms with E-state index in [1.165, 1.54) is 16.9 Å². The zero-order valence-electron chi connectivity index (χ0n) is 13.0. The summed E-state index contributed by atoms with van der Waals surface area (Å²) in [5.41, 5.74) is 1.72. The van der Waals surface area contributed by atoms with E-state index in [4.69, 9.17) is 4.74 Å². The minimum Gasteiger partial charge on any atom is -0.465 e. The van der Waals surface area contributed by atoms with Crippen LogP contribution in [0.1, 0.15) is 50.5 Å². The average Bonchev–Trinajstić information content (AvgIpc) is 3.01. The Bertz CT molecular complexity index is 665. The molecule has 1 fully saturated rings. The minimum atomic E-state index is -0.258. The fourth-order valence-electron chi connectivity index (χ4n) is 3.18. The number of nitrogens with one attached hydrogen (secondary N) is 1. The molecule has 0 amide bonds. The van der Waals surface area contributed by atoms with Crippen molar-refractivity contribution in [2.75, 3.05) is 13.7 Å². The Kier molecular flexibility index (Phi) is 4.60. The summed E-state index contributed by atoms with van der Waals surface area (Å²) in [7, 11) is 1.44. The largest absolute Gasteiger partial charge is 0.465 e. The smallest absolute Gasteiger partial charge is 0.338 e. The Hall–Kier alpha value is -1.65. The van der Waals surface area contributed by atoms with Gasteiger partial charge in [0.05, 0.1) is 12.7 Å². The van der Waals surface area contributed by atoms with E-state index in [1.54, 1.807) is 0 Å². The second kappa shape index (κ2) is 6.63. The molecule has 116 valence electrons. The number of aryl methyl sites for hydroxylation is 1. The molecule has 2 heterocycles. The number of hydrogen-bond acceptors (Lipinski definition) is 4. The maximum atomic E-state index is 12.0. The zero-order valence-corrected chi connectivity index (χ0v) is 13.8. The van der Waals surface area contributed by atoms with Crippen molar-refractivity contribution < 1.29 is 9.53 Å². The van der Waals surface area contributed by atoms with Crippen LogP contribution >= 0.6 is 11.3 Å². The van der Waals surface area contributed by atoms with Gasteiger partial charge in [0.2, 0.25) is 0 Å². The topological polar surface area (TPSA) is 38.3 Å². The number of carbonyl (C=O) groups excluding carboxylic acids is 1. The van der Waals surface area contributed by atoms with E-state index in [1.807, 2.05) is 35.6 Å². The van der Waals surface area contributed by atoms with Crippen molar-refractivity contribution in [3.63, 3.8) is 0 Å². The molecule has 0 radical (unpaired) electrons. The first-order valence-corrected chi connectivity index (χ1v) is 8.47. The maximum Gasteiger partial charge on any atom is 0.338 e. The molecule has 1 aromatic heterocycles. The molecule has 4 heteroatoms. The highest BCUT2D eigenvalue weighted by atomic mass is 32.1. The predicted molar refractivity (Wildman–Crippen MR) is 89.6 cm³/mol. The summed E-state index contributed by atoms with van der Waals surface area (Å²) in [5.74, 6) is 0.308. The maximum absolute atomic E-state index is 12.0. The van der Waals surface area contributed by atoms with Gasteiger partial charge < -0.3 is 10.1 Å². The van der Waals surface area contributed by atoms with Gasteiger partial charge in [0, 0.05) is 15.8 Å². The Morgan fingerprint density at radius 3 is 2.82 bits per heavy atom. The molecule has 3 rings (SSSR count). The van der Waals surface area contributed by atoms with E-state index < -0.39 is 0 Å². The summed E-state index contributed by atoms with van der Waals surface area (Å²) in [6.07, 6.45) is 2.17. The SMILES string of the molecule is COC(=O)c1ccccc1[C@@H]1CC(c2ccc(C)s2)CCN1. The van der Waals surface area contributed by atoms with Gasteiger partial charge in [-0.15, -0.1) is 11.3 Å². The molecular weight excluding hydrogens is 294 g/mol. The van der Waals surface area contributed by atoms with E-state index in [9.17, 15) is 4.79 Å². The lowest BCUT2D eigenvalue weighted by atomic mass is 9.86. The Labute approximate surface area is 135 Å². The van der Waals surface area contributed by atoms with E-state index in [-0.39, 0.29) is 12.0 Å². The van der Waals surface area contributed by atoms with Gasteiger partial charge in [0.15, 0.2) is 0 Å². The fraction of sp³-hybridized carbons (Fsp3) is 0.389. The van der Waals surface area contributed by atoms with Crippen LogP contribution in [0.25, 0.3) is 0 Å². The molecule has 3 nitrogen and oxygen atoms in total. The number of thiophene rings is 1. The number of esters is 1. The zero-order chi connectivity index (χ0) is 15.5. The van der Waals surface area contributed by atoms with Gasteiger partial charge in [-0.25, -0.2) is 4.79 Å². The average molecular weight is 315 g/mol. The molecule has 1 aromatic carbocycles. The highest BCUT2D eigenvalue weighted by Crippen LogP contribution is 2.38. The lowest BCUT2D eigenvalue weighted by Crippen LogP contribution is -2.31. The highest BCUT2D eigenvalue weighted by molar-refractivity contribution is 7.12. The quantitative estimate of drug-likeness (QED) is 0.868. The van der Waals surface area contributed by atoms with E-state index in [0.29, 0.717) is 11.5 Å². The lowest BCUT2D eigenvalue weighted by molar-refractivity contribution is 0.0598. The van der Waals surface area contributed by atoms with Gasteiger partial charge in [-0.05, 0) is 56.0 Å². The van der Waals surface area contributed by atoms with Crippen LogP contribution in [0.5, 0.6) is 0 Å². The number of methoxy groups -OCH3 is 1. The van der Waals surface area contributed by atoms with Crippen LogP contribution in [0.15, 0.2) is 36.4 Å². The molecule has 1 unspecified atom stereocenters. The predicted octanol–water partition coefficient (Wildman–Crippen LogP) is 4.05. The number of piperidine rings is 1. The van der Waals surface area contributed by atoms with Gasteiger partial charge in [0.25, 0.3) is 0 Å². The van der Waals surface area contributed by atoms with Gasteiger partial charge in [-0.1, -0.05) is 18.2 Å². The van der Waals surface area contributed by atoms with Crippen molar-refractivity contribution in [2.45, 2.75) is 31.7 Å². The van der Waals surface area contributed by atoms with Crippen LogP contribution in [0.2, 0.25) is 0 Å². The number of rotatable bonds is 3. The third-order valence-corrected chi connectivity index (χ3v) is 5.47. The van der Waals surface area contributed by atoms with Crippen LogP contribution in [0.3, 0.4) is 0 Å². The van der Waals surface area contributed by atoms with Gasteiger partial charge >= 0.3 is 5.97 Å². The molecule has 2 aromatic rings. The number of ether oxygens (including phenoxy) is 1. The second-order valence-corrected chi connectivity index (χ2v) is 7.07. The minimum absolute atomic E-state index is 0.205. The van der Waals surface area contributed by atoms with E-state index in [0.717, 1.165) is 24.9 Å². The van der Waals surface area contributed by atoms with Crippen molar-refractivity contribution in [3.05, 3.63) is 57.3 Å². The lowest BCUT2D eigenvalue weighted by Gasteiger charge is -2.31. The third-order valence-electron chi connectivity index (χ3n) is 4.31. The van der Waals surface area contributed by atoms with Crippen molar-refractivity contribution in [1.82, 2.24) is 5.32 Å². The summed E-state index contributed by atoms with van der Waals surface area (Å²) in [6.45, 7) is 3.13. The second-order valence-electron chi connectivity index (χ2n) is 5.76. The highest BCUT2D eigenvalue weighted by Gasteiger charge is 2.27.